The zero-order chi connectivity index (χ0) is 24.3. The Morgan fingerprint density at radius 3 is 2.51 bits per heavy atom. The molecule has 1 saturated heterocycles. The molecule has 5 rings (SSSR count). The van der Waals surface area contributed by atoms with Gasteiger partial charge >= 0.3 is 0 Å². The quantitative estimate of drug-likeness (QED) is 0.648. The summed E-state index contributed by atoms with van der Waals surface area (Å²) in [6.45, 7) is 6.57. The Balaban J connectivity index is 1.47. The summed E-state index contributed by atoms with van der Waals surface area (Å²) in [4.78, 5) is 34.8. The number of rotatable bonds is 6. The van der Waals surface area contributed by atoms with Gasteiger partial charge in [0.15, 0.2) is 0 Å². The monoisotopic (exact) mass is 479 g/mol. The summed E-state index contributed by atoms with van der Waals surface area (Å²) in [6, 6.07) is 8.10. The number of aryl methyl sites for hydroxylation is 1. The maximum atomic E-state index is 14.0. The molecule has 2 aromatic rings. The molecule has 1 N–H and O–H groups in total. The van der Waals surface area contributed by atoms with E-state index in [1.54, 1.807) is 0 Å². The van der Waals surface area contributed by atoms with E-state index in [-0.39, 0.29) is 22.9 Å². The Labute approximate surface area is 209 Å². The highest BCUT2D eigenvalue weighted by Gasteiger charge is 2.42. The number of H-pyrrole nitrogens is 1. The molecule has 0 radical (unpaired) electrons. The van der Waals surface area contributed by atoms with Gasteiger partial charge in [-0.05, 0) is 56.2 Å². The van der Waals surface area contributed by atoms with Crippen molar-refractivity contribution in [1.82, 2.24) is 14.8 Å². The summed E-state index contributed by atoms with van der Waals surface area (Å²) in [5, 5.41) is 1.03. The number of aromatic nitrogens is 1. The number of aromatic amines is 1. The second-order valence-corrected chi connectivity index (χ2v) is 11.1. The number of amides is 1. The first-order valence-electron chi connectivity index (χ1n) is 13.8. The van der Waals surface area contributed by atoms with E-state index in [1.807, 2.05) is 18.2 Å². The molecule has 2 saturated carbocycles. The number of hydrogen-bond donors (Lipinski definition) is 1. The standard InChI is InChI=1S/C29H41N3O3/c1-22-10-11-26-24(18-22)19-25(27(33)30-26)20-31(28(34)23-8-4-2-5-9-23)21-29(12-6-3-7-13-29)32-14-16-35-17-15-32/h10-11,18-19,23H,2-9,12-17,20-21H2,1H3,(H,30,33). The van der Waals surface area contributed by atoms with E-state index in [1.165, 1.54) is 31.2 Å². The largest absolute Gasteiger partial charge is 0.379 e. The van der Waals surface area contributed by atoms with Gasteiger partial charge in [0.1, 0.15) is 0 Å². The van der Waals surface area contributed by atoms with Gasteiger partial charge in [0.2, 0.25) is 5.91 Å². The molecule has 3 fully saturated rings. The second kappa shape index (κ2) is 10.8. The van der Waals surface area contributed by atoms with Crippen LogP contribution in [0.3, 0.4) is 0 Å². The number of nitrogens with one attached hydrogen (secondary N) is 1. The molecule has 35 heavy (non-hydrogen) atoms. The third-order valence-corrected chi connectivity index (χ3v) is 8.66. The normalized spacial score (nSPS) is 21.7. The number of pyridine rings is 1. The van der Waals surface area contributed by atoms with Crippen LogP contribution < -0.4 is 5.56 Å². The first kappa shape index (κ1) is 24.5. The van der Waals surface area contributed by atoms with Crippen molar-refractivity contribution < 1.29 is 9.53 Å². The van der Waals surface area contributed by atoms with E-state index in [0.29, 0.717) is 18.7 Å². The highest BCUT2D eigenvalue weighted by atomic mass is 16.5. The summed E-state index contributed by atoms with van der Waals surface area (Å²) in [7, 11) is 0. The van der Waals surface area contributed by atoms with Crippen molar-refractivity contribution in [3.63, 3.8) is 0 Å². The molecule has 1 aromatic heterocycles. The van der Waals surface area contributed by atoms with Gasteiger partial charge in [-0.3, -0.25) is 14.5 Å². The van der Waals surface area contributed by atoms with Crippen molar-refractivity contribution in [1.29, 1.82) is 0 Å². The lowest BCUT2D eigenvalue weighted by atomic mass is 9.79. The summed E-state index contributed by atoms with van der Waals surface area (Å²) in [5.74, 6) is 0.350. The first-order valence-corrected chi connectivity index (χ1v) is 13.8. The Morgan fingerprint density at radius 2 is 1.77 bits per heavy atom. The number of carbonyl (C=O) groups excluding carboxylic acids is 1. The van der Waals surface area contributed by atoms with Crippen molar-refractivity contribution in [3.8, 4) is 0 Å². The fourth-order valence-electron chi connectivity index (χ4n) is 6.69. The lowest BCUT2D eigenvalue weighted by Gasteiger charge is -2.50. The predicted octanol–water partition coefficient (Wildman–Crippen LogP) is 4.78. The van der Waals surface area contributed by atoms with E-state index in [0.717, 1.165) is 75.7 Å². The van der Waals surface area contributed by atoms with Crippen LogP contribution in [0.1, 0.15) is 75.3 Å². The molecule has 1 amide bonds. The van der Waals surface area contributed by atoms with E-state index < -0.39 is 0 Å². The molecule has 1 aromatic carbocycles. The molecule has 3 aliphatic rings. The topological polar surface area (TPSA) is 65.6 Å². The minimum Gasteiger partial charge on any atom is -0.379 e. The van der Waals surface area contributed by atoms with Crippen LogP contribution in [0.25, 0.3) is 10.9 Å². The van der Waals surface area contributed by atoms with Gasteiger partial charge < -0.3 is 14.6 Å². The molecular formula is C29H41N3O3. The Kier molecular flexibility index (Phi) is 7.59. The number of nitrogens with zero attached hydrogens (tertiary/aromatic N) is 2. The van der Waals surface area contributed by atoms with Crippen LogP contribution >= 0.6 is 0 Å². The molecule has 0 atom stereocenters. The SMILES string of the molecule is Cc1ccc2[nH]c(=O)c(CN(CC3(N4CCOCC4)CCCCC3)C(=O)C3CCCCC3)cc2c1. The van der Waals surface area contributed by atoms with Gasteiger partial charge in [-0.15, -0.1) is 0 Å². The molecule has 6 nitrogen and oxygen atoms in total. The molecule has 0 bridgehead atoms. The first-order chi connectivity index (χ1) is 17.0. The number of ether oxygens (including phenoxy) is 1. The van der Waals surface area contributed by atoms with Gasteiger partial charge in [-0.1, -0.05) is 50.2 Å². The summed E-state index contributed by atoms with van der Waals surface area (Å²) >= 11 is 0. The molecule has 2 heterocycles. The van der Waals surface area contributed by atoms with Crippen LogP contribution in [-0.2, 0) is 16.1 Å². The minimum atomic E-state index is -0.0770. The zero-order valence-electron chi connectivity index (χ0n) is 21.3. The van der Waals surface area contributed by atoms with Gasteiger partial charge in [0.05, 0.1) is 19.8 Å². The average molecular weight is 480 g/mol. The maximum absolute atomic E-state index is 14.0. The van der Waals surface area contributed by atoms with Gasteiger partial charge in [0, 0.05) is 42.2 Å². The molecular weight excluding hydrogens is 438 g/mol. The number of hydrogen-bond acceptors (Lipinski definition) is 4. The van der Waals surface area contributed by atoms with E-state index in [9.17, 15) is 9.59 Å². The second-order valence-electron chi connectivity index (χ2n) is 11.1. The summed E-state index contributed by atoms with van der Waals surface area (Å²) in [5.41, 5.74) is 2.63. The third-order valence-electron chi connectivity index (χ3n) is 8.66. The van der Waals surface area contributed by atoms with Crippen LogP contribution in [0.15, 0.2) is 29.1 Å². The van der Waals surface area contributed by atoms with Crippen LogP contribution in [0.5, 0.6) is 0 Å². The van der Waals surface area contributed by atoms with E-state index in [4.69, 9.17) is 4.74 Å². The van der Waals surface area contributed by atoms with Gasteiger partial charge in [-0.2, -0.15) is 0 Å². The summed E-state index contributed by atoms with van der Waals surface area (Å²) < 4.78 is 5.68. The van der Waals surface area contributed by atoms with Crippen molar-refractivity contribution in [3.05, 3.63) is 45.7 Å². The lowest BCUT2D eigenvalue weighted by molar-refractivity contribution is -0.141. The highest BCUT2D eigenvalue weighted by Crippen LogP contribution is 2.36. The Morgan fingerprint density at radius 1 is 1.06 bits per heavy atom. The molecule has 6 heteroatoms. The predicted molar refractivity (Wildman–Crippen MR) is 140 cm³/mol. The maximum Gasteiger partial charge on any atom is 0.253 e. The molecule has 1 aliphatic heterocycles. The van der Waals surface area contributed by atoms with Gasteiger partial charge in [0.25, 0.3) is 5.56 Å². The smallest absolute Gasteiger partial charge is 0.253 e. The molecule has 0 spiro atoms. The van der Waals surface area contributed by atoms with Crippen LogP contribution in [0, 0.1) is 12.8 Å². The van der Waals surface area contributed by atoms with E-state index >= 15 is 0 Å². The number of benzene rings is 1. The van der Waals surface area contributed by atoms with Crippen molar-refractivity contribution in [2.45, 2.75) is 83.2 Å². The van der Waals surface area contributed by atoms with Crippen LogP contribution in [0.2, 0.25) is 0 Å². The van der Waals surface area contributed by atoms with Crippen molar-refractivity contribution >= 4 is 16.8 Å². The highest BCUT2D eigenvalue weighted by molar-refractivity contribution is 5.81. The number of fused-ring (bicyclic) bond motifs is 1. The van der Waals surface area contributed by atoms with Crippen LogP contribution in [0.4, 0.5) is 0 Å². The van der Waals surface area contributed by atoms with Crippen LogP contribution in [-0.4, -0.2) is 59.1 Å². The number of carbonyl (C=O) groups is 1. The van der Waals surface area contributed by atoms with E-state index in [2.05, 4.69) is 27.8 Å². The third kappa shape index (κ3) is 5.49. The Hall–Kier alpha value is -2.18. The fourth-order valence-corrected chi connectivity index (χ4v) is 6.69. The van der Waals surface area contributed by atoms with Gasteiger partial charge in [-0.25, -0.2) is 0 Å². The van der Waals surface area contributed by atoms with Crippen molar-refractivity contribution in [2.24, 2.45) is 5.92 Å². The lowest BCUT2D eigenvalue weighted by Crippen LogP contribution is -2.60. The fraction of sp³-hybridized carbons (Fsp3) is 0.655. The summed E-state index contributed by atoms with van der Waals surface area (Å²) in [6.07, 6.45) is 11.4. The molecule has 2 aliphatic carbocycles. The number of morpholine rings is 1. The average Bonchev–Trinajstić information content (AvgIpc) is 2.90. The molecule has 190 valence electrons. The zero-order valence-corrected chi connectivity index (χ0v) is 21.3. The molecule has 0 unspecified atom stereocenters. The minimum absolute atomic E-state index is 0.00739. The van der Waals surface area contributed by atoms with Crippen molar-refractivity contribution in [2.75, 3.05) is 32.8 Å². The Bertz CT molecular complexity index is 1080.